The first-order valence-electron chi connectivity index (χ1n) is 11.5. The van der Waals surface area contributed by atoms with Gasteiger partial charge in [-0.2, -0.15) is 5.10 Å². The van der Waals surface area contributed by atoms with Crippen LogP contribution in [0.3, 0.4) is 0 Å². The third-order valence-corrected chi connectivity index (χ3v) is 6.83. The fraction of sp³-hybridized carbons (Fsp3) is 0.280. The lowest BCUT2D eigenvalue weighted by atomic mass is 10.0. The number of imidazole rings is 1. The van der Waals surface area contributed by atoms with E-state index in [-0.39, 0.29) is 11.4 Å². The molecule has 0 spiro atoms. The molecule has 0 bridgehead atoms. The van der Waals surface area contributed by atoms with Gasteiger partial charge in [-0.05, 0) is 13.0 Å². The molecule has 10 nitrogen and oxygen atoms in total. The summed E-state index contributed by atoms with van der Waals surface area (Å²) in [4.78, 5) is 21.9. The zero-order valence-electron chi connectivity index (χ0n) is 20.2. The highest BCUT2D eigenvalue weighted by molar-refractivity contribution is 6.06. The average molecular weight is 490 g/mol. The summed E-state index contributed by atoms with van der Waals surface area (Å²) in [5.41, 5.74) is 3.80. The van der Waals surface area contributed by atoms with Crippen LogP contribution in [0.25, 0.3) is 38.8 Å². The molecule has 0 aliphatic carbocycles. The summed E-state index contributed by atoms with van der Waals surface area (Å²) in [6.07, 6.45) is 6.07. The molecular formula is C25H24FN7O3. The molecular weight excluding hydrogens is 465 g/mol. The molecule has 1 N–H and O–H groups in total. The second-order valence-electron chi connectivity index (χ2n) is 8.83. The molecule has 1 aromatic carbocycles. The van der Waals surface area contributed by atoms with E-state index in [9.17, 15) is 4.79 Å². The van der Waals surface area contributed by atoms with Gasteiger partial charge in [0.2, 0.25) is 0 Å². The first-order valence-corrected chi connectivity index (χ1v) is 11.5. The Balaban J connectivity index is 1.70. The van der Waals surface area contributed by atoms with Crippen LogP contribution >= 0.6 is 0 Å². The highest BCUT2D eigenvalue weighted by atomic mass is 19.1. The van der Waals surface area contributed by atoms with Crippen molar-refractivity contribution in [2.24, 2.45) is 7.05 Å². The van der Waals surface area contributed by atoms with Gasteiger partial charge in [0.05, 0.1) is 61.1 Å². The molecule has 0 unspecified atom stereocenters. The number of hydrogen-bond acceptors (Lipinski definition) is 7. The standard InChI is InChI=1S/C25H24FN7O3/c1-13-17(12-32(30-13)14-7-27-8-14)15-5-16-19(6-21(15)35-3)29-10-20-23(16)33(25(34)31(20)2)24-18(26)9-28-11-22(24)36-4/h5-6,9-12,14,27H,7-8H2,1-4H3. The van der Waals surface area contributed by atoms with Crippen LogP contribution in [-0.2, 0) is 7.05 Å². The van der Waals surface area contributed by atoms with Crippen LogP contribution in [0.4, 0.5) is 4.39 Å². The Morgan fingerprint density at radius 3 is 2.56 bits per heavy atom. The molecule has 184 valence electrons. The molecule has 5 aromatic rings. The van der Waals surface area contributed by atoms with Crippen LogP contribution in [0.5, 0.6) is 11.5 Å². The molecule has 1 fully saturated rings. The van der Waals surface area contributed by atoms with E-state index in [1.807, 2.05) is 29.9 Å². The number of fused-ring (bicyclic) bond motifs is 3. The predicted octanol–water partition coefficient (Wildman–Crippen LogP) is 2.74. The predicted molar refractivity (Wildman–Crippen MR) is 133 cm³/mol. The smallest absolute Gasteiger partial charge is 0.333 e. The van der Waals surface area contributed by atoms with E-state index in [1.54, 1.807) is 20.4 Å². The Bertz CT molecular complexity index is 1720. The van der Waals surface area contributed by atoms with Gasteiger partial charge in [0.25, 0.3) is 0 Å². The lowest BCUT2D eigenvalue weighted by Crippen LogP contribution is -2.43. The molecule has 0 saturated carbocycles. The topological polar surface area (TPSA) is 101 Å². The molecule has 1 aliphatic rings. The van der Waals surface area contributed by atoms with Crippen molar-refractivity contribution in [1.29, 1.82) is 0 Å². The number of halogens is 1. The Morgan fingerprint density at radius 1 is 1.08 bits per heavy atom. The van der Waals surface area contributed by atoms with Crippen molar-refractivity contribution in [3.8, 4) is 28.3 Å². The summed E-state index contributed by atoms with van der Waals surface area (Å²) in [5.74, 6) is 0.102. The second-order valence-corrected chi connectivity index (χ2v) is 8.83. The Morgan fingerprint density at radius 2 is 1.86 bits per heavy atom. The molecule has 0 atom stereocenters. The van der Waals surface area contributed by atoms with Crippen molar-refractivity contribution >= 4 is 21.9 Å². The summed E-state index contributed by atoms with van der Waals surface area (Å²) in [6.45, 7) is 3.70. The number of rotatable bonds is 5. The maximum absolute atomic E-state index is 15.1. The minimum Gasteiger partial charge on any atom is -0.496 e. The van der Waals surface area contributed by atoms with Gasteiger partial charge in [-0.1, -0.05) is 0 Å². The van der Waals surface area contributed by atoms with Gasteiger partial charge in [0.1, 0.15) is 11.4 Å². The average Bonchev–Trinajstić information content (AvgIpc) is 3.33. The summed E-state index contributed by atoms with van der Waals surface area (Å²) in [7, 11) is 4.65. The quantitative estimate of drug-likeness (QED) is 0.405. The summed E-state index contributed by atoms with van der Waals surface area (Å²) >= 11 is 0. The van der Waals surface area contributed by atoms with E-state index in [2.05, 4.69) is 15.3 Å². The zero-order valence-corrected chi connectivity index (χ0v) is 20.2. The first-order chi connectivity index (χ1) is 17.4. The van der Waals surface area contributed by atoms with Gasteiger partial charge in [-0.3, -0.25) is 23.8 Å². The molecule has 6 rings (SSSR count). The summed E-state index contributed by atoms with van der Waals surface area (Å²) < 4.78 is 30.9. The van der Waals surface area contributed by atoms with Crippen molar-refractivity contribution in [3.63, 3.8) is 0 Å². The van der Waals surface area contributed by atoms with Crippen molar-refractivity contribution in [2.75, 3.05) is 27.3 Å². The van der Waals surface area contributed by atoms with E-state index in [0.717, 1.165) is 36.1 Å². The second kappa shape index (κ2) is 8.16. The van der Waals surface area contributed by atoms with Crippen molar-refractivity contribution < 1.29 is 13.9 Å². The van der Waals surface area contributed by atoms with Crippen molar-refractivity contribution in [1.82, 2.24) is 34.2 Å². The fourth-order valence-electron chi connectivity index (χ4n) is 4.78. The molecule has 5 heterocycles. The third kappa shape index (κ3) is 3.12. The van der Waals surface area contributed by atoms with E-state index < -0.39 is 11.5 Å². The normalized spacial score (nSPS) is 13.9. The number of benzene rings is 1. The number of ether oxygens (including phenoxy) is 2. The number of nitrogens with one attached hydrogen (secondary N) is 1. The van der Waals surface area contributed by atoms with Crippen molar-refractivity contribution in [2.45, 2.75) is 13.0 Å². The van der Waals surface area contributed by atoms with E-state index >= 15 is 4.39 Å². The molecule has 1 aliphatic heterocycles. The molecule has 1 saturated heterocycles. The van der Waals surface area contributed by atoms with Crippen LogP contribution in [0.1, 0.15) is 11.7 Å². The van der Waals surface area contributed by atoms with E-state index in [4.69, 9.17) is 14.6 Å². The maximum atomic E-state index is 15.1. The maximum Gasteiger partial charge on any atom is 0.333 e. The lowest BCUT2D eigenvalue weighted by Gasteiger charge is -2.27. The number of nitrogens with zero attached hydrogens (tertiary/aromatic N) is 6. The van der Waals surface area contributed by atoms with Gasteiger partial charge < -0.3 is 14.8 Å². The van der Waals surface area contributed by atoms with Gasteiger partial charge in [0.15, 0.2) is 11.6 Å². The van der Waals surface area contributed by atoms with Crippen LogP contribution in [0.15, 0.2) is 41.7 Å². The van der Waals surface area contributed by atoms with Gasteiger partial charge in [0, 0.05) is 48.9 Å². The summed E-state index contributed by atoms with van der Waals surface area (Å²) in [5, 5.41) is 8.65. The number of aromatic nitrogens is 6. The minimum atomic E-state index is -0.672. The first kappa shape index (κ1) is 22.2. The largest absolute Gasteiger partial charge is 0.496 e. The number of methoxy groups -OCH3 is 2. The molecule has 11 heteroatoms. The van der Waals surface area contributed by atoms with Crippen LogP contribution in [0.2, 0.25) is 0 Å². The number of pyridine rings is 2. The Kier molecular flexibility index (Phi) is 5.04. The monoisotopic (exact) mass is 489 g/mol. The fourth-order valence-corrected chi connectivity index (χ4v) is 4.78. The van der Waals surface area contributed by atoms with Crippen LogP contribution < -0.4 is 20.5 Å². The number of hydrogen-bond donors (Lipinski definition) is 1. The molecule has 36 heavy (non-hydrogen) atoms. The van der Waals surface area contributed by atoms with Crippen LogP contribution in [-0.4, -0.2) is 56.2 Å². The zero-order chi connectivity index (χ0) is 25.1. The van der Waals surface area contributed by atoms with Gasteiger partial charge in [-0.25, -0.2) is 9.18 Å². The lowest BCUT2D eigenvalue weighted by molar-refractivity contribution is 0.317. The Hall–Kier alpha value is -4.25. The Labute approximate surface area is 204 Å². The highest BCUT2D eigenvalue weighted by Gasteiger charge is 2.25. The van der Waals surface area contributed by atoms with Crippen LogP contribution in [0, 0.1) is 12.7 Å². The molecule has 0 radical (unpaired) electrons. The highest BCUT2D eigenvalue weighted by Crippen LogP contribution is 2.38. The van der Waals surface area contributed by atoms with E-state index in [1.165, 1.54) is 22.4 Å². The van der Waals surface area contributed by atoms with Crippen molar-refractivity contribution in [3.05, 3.63) is 58.9 Å². The van der Waals surface area contributed by atoms with Gasteiger partial charge in [-0.15, -0.1) is 0 Å². The molecule has 0 amide bonds. The minimum absolute atomic E-state index is 0.00514. The SMILES string of the molecule is COc1cc2ncc3c(c2cc1-c1cn(C2CNC2)nc1C)n(-c1c(F)cncc1OC)c(=O)n3C. The van der Waals surface area contributed by atoms with Gasteiger partial charge >= 0.3 is 5.69 Å². The number of aryl methyl sites for hydroxylation is 2. The third-order valence-electron chi connectivity index (χ3n) is 6.83. The molecule has 4 aromatic heterocycles. The van der Waals surface area contributed by atoms with E-state index in [0.29, 0.717) is 33.7 Å². The summed E-state index contributed by atoms with van der Waals surface area (Å²) in [6, 6.07) is 4.06.